The third-order valence-corrected chi connectivity index (χ3v) is 6.77. The van der Waals surface area contributed by atoms with Crippen LogP contribution in [0.1, 0.15) is 41.5 Å². The van der Waals surface area contributed by atoms with Crippen LogP contribution >= 0.6 is 22.9 Å². The molecule has 168 valence electrons. The molecule has 2 aromatic heterocycles. The largest absolute Gasteiger partial charge is 0.324 e. The maximum atomic E-state index is 13.6. The van der Waals surface area contributed by atoms with Crippen LogP contribution in [0.2, 0.25) is 5.02 Å². The van der Waals surface area contributed by atoms with Gasteiger partial charge in [-0.15, -0.1) is 11.3 Å². The van der Waals surface area contributed by atoms with Crippen molar-refractivity contribution in [3.8, 4) is 11.1 Å². The summed E-state index contributed by atoms with van der Waals surface area (Å²) in [6.07, 6.45) is 1.83. The van der Waals surface area contributed by atoms with Crippen molar-refractivity contribution in [3.63, 3.8) is 0 Å². The van der Waals surface area contributed by atoms with Crippen molar-refractivity contribution in [2.45, 2.75) is 33.2 Å². The van der Waals surface area contributed by atoms with E-state index in [0.29, 0.717) is 32.9 Å². The van der Waals surface area contributed by atoms with Crippen LogP contribution in [0.3, 0.4) is 0 Å². The van der Waals surface area contributed by atoms with Gasteiger partial charge < -0.3 is 5.32 Å². The number of hydrogen-bond acceptors (Lipinski definition) is 5. The topological polar surface area (TPSA) is 81.1 Å². The van der Waals surface area contributed by atoms with E-state index in [9.17, 15) is 14.4 Å². The van der Waals surface area contributed by atoms with Gasteiger partial charge in [-0.1, -0.05) is 42.8 Å². The molecule has 0 aliphatic heterocycles. The molecule has 1 unspecified atom stereocenters. The first kappa shape index (κ1) is 22.9. The Kier molecular flexibility index (Phi) is 6.44. The number of aryl methyl sites for hydroxylation is 1. The van der Waals surface area contributed by atoms with Crippen molar-refractivity contribution in [3.05, 3.63) is 80.7 Å². The normalized spacial score (nSPS) is 12.0. The fraction of sp³-hybridized carbons (Fsp3) is 0.200. The van der Waals surface area contributed by atoms with E-state index < -0.39 is 6.04 Å². The monoisotopic (exact) mass is 479 g/mol. The predicted octanol–water partition coefficient (Wildman–Crippen LogP) is 5.88. The highest BCUT2D eigenvalue weighted by atomic mass is 35.5. The summed E-state index contributed by atoms with van der Waals surface area (Å²) in [6.45, 7) is 5.26. The lowest BCUT2D eigenvalue weighted by molar-refractivity contribution is -0.119. The molecular formula is C25H22ClN3O3S. The molecular weight excluding hydrogens is 458 g/mol. The Morgan fingerprint density at radius 3 is 2.58 bits per heavy atom. The van der Waals surface area contributed by atoms with Crippen LogP contribution in [0, 0.1) is 6.92 Å². The maximum absolute atomic E-state index is 13.6. The summed E-state index contributed by atoms with van der Waals surface area (Å²) in [6, 6.07) is 13.3. The molecule has 0 radical (unpaired) electrons. The molecule has 0 aliphatic rings. The van der Waals surface area contributed by atoms with Crippen LogP contribution in [0.4, 0.5) is 5.69 Å². The van der Waals surface area contributed by atoms with Gasteiger partial charge >= 0.3 is 0 Å². The van der Waals surface area contributed by atoms with E-state index in [1.807, 2.05) is 26.0 Å². The summed E-state index contributed by atoms with van der Waals surface area (Å²) < 4.78 is 1.39. The molecule has 0 fully saturated rings. The van der Waals surface area contributed by atoms with Crippen LogP contribution in [0.15, 0.2) is 59.7 Å². The number of amides is 1. The van der Waals surface area contributed by atoms with Crippen LogP contribution in [-0.2, 0) is 4.79 Å². The summed E-state index contributed by atoms with van der Waals surface area (Å²) in [5, 5.41) is 3.94. The number of Topliss-reactive ketones (excluding diaryl/α,β-unsaturated/α-hetero) is 1. The Hall–Kier alpha value is -3.29. The molecule has 0 aliphatic carbocycles. The summed E-state index contributed by atoms with van der Waals surface area (Å²) in [7, 11) is 0. The van der Waals surface area contributed by atoms with Crippen molar-refractivity contribution in [1.29, 1.82) is 0 Å². The molecule has 4 aromatic rings. The van der Waals surface area contributed by atoms with Crippen molar-refractivity contribution in [2.24, 2.45) is 0 Å². The number of halogens is 1. The smallest absolute Gasteiger partial charge is 0.263 e. The molecule has 8 heteroatoms. The predicted molar refractivity (Wildman–Crippen MR) is 133 cm³/mol. The Morgan fingerprint density at radius 2 is 1.91 bits per heavy atom. The van der Waals surface area contributed by atoms with Crippen LogP contribution < -0.4 is 10.9 Å². The molecule has 33 heavy (non-hydrogen) atoms. The lowest BCUT2D eigenvalue weighted by Gasteiger charge is -2.18. The minimum Gasteiger partial charge on any atom is -0.324 e. The molecule has 0 saturated heterocycles. The van der Waals surface area contributed by atoms with Crippen molar-refractivity contribution in [2.75, 3.05) is 5.32 Å². The van der Waals surface area contributed by atoms with Crippen LogP contribution in [0.5, 0.6) is 0 Å². The number of ketones is 1. The Balaban J connectivity index is 1.75. The molecule has 4 rings (SSSR count). The van der Waals surface area contributed by atoms with E-state index in [-0.39, 0.29) is 17.2 Å². The number of benzene rings is 2. The Labute approximate surface area is 199 Å². The highest BCUT2D eigenvalue weighted by Gasteiger charge is 2.24. The molecule has 0 spiro atoms. The van der Waals surface area contributed by atoms with Gasteiger partial charge in [-0.3, -0.25) is 19.0 Å². The summed E-state index contributed by atoms with van der Waals surface area (Å²) in [5.74, 6) is -0.437. The SMILES string of the molecule is CCC(C(=O)Nc1cccc(C(C)=O)c1)n1cnc2sc(C)c(-c3ccc(Cl)cc3)c2c1=O. The molecule has 1 atom stereocenters. The Bertz CT molecular complexity index is 1420. The number of carbonyl (C=O) groups is 2. The fourth-order valence-electron chi connectivity index (χ4n) is 3.85. The molecule has 6 nitrogen and oxygen atoms in total. The summed E-state index contributed by atoms with van der Waals surface area (Å²) in [5.41, 5.74) is 2.42. The van der Waals surface area contributed by atoms with Gasteiger partial charge in [0.25, 0.3) is 5.56 Å². The van der Waals surface area contributed by atoms with Gasteiger partial charge in [0, 0.05) is 26.7 Å². The van der Waals surface area contributed by atoms with Gasteiger partial charge in [0.05, 0.1) is 11.7 Å². The lowest BCUT2D eigenvalue weighted by atomic mass is 10.0. The van der Waals surface area contributed by atoms with E-state index in [0.717, 1.165) is 16.0 Å². The van der Waals surface area contributed by atoms with Crippen LogP contribution in [0.25, 0.3) is 21.3 Å². The van der Waals surface area contributed by atoms with Gasteiger partial charge in [0.2, 0.25) is 5.91 Å². The first-order valence-electron chi connectivity index (χ1n) is 10.5. The quantitative estimate of drug-likeness (QED) is 0.350. The number of rotatable bonds is 6. The van der Waals surface area contributed by atoms with E-state index >= 15 is 0 Å². The van der Waals surface area contributed by atoms with Gasteiger partial charge in [-0.2, -0.15) is 0 Å². The number of fused-ring (bicyclic) bond motifs is 1. The Morgan fingerprint density at radius 1 is 1.18 bits per heavy atom. The zero-order valence-corrected chi connectivity index (χ0v) is 20.0. The molecule has 0 saturated carbocycles. The number of nitrogens with one attached hydrogen (secondary N) is 1. The number of carbonyl (C=O) groups excluding carboxylic acids is 2. The summed E-state index contributed by atoms with van der Waals surface area (Å²) >= 11 is 7.48. The minimum absolute atomic E-state index is 0.0911. The van der Waals surface area contributed by atoms with E-state index in [1.54, 1.807) is 36.4 Å². The van der Waals surface area contributed by atoms with Gasteiger partial charge in [0.15, 0.2) is 5.78 Å². The number of thiophene rings is 1. The fourth-order valence-corrected chi connectivity index (χ4v) is 4.98. The molecule has 1 amide bonds. The second-order valence-electron chi connectivity index (χ2n) is 7.73. The van der Waals surface area contributed by atoms with E-state index in [2.05, 4.69) is 10.3 Å². The second-order valence-corrected chi connectivity index (χ2v) is 9.37. The van der Waals surface area contributed by atoms with Crippen molar-refractivity contribution in [1.82, 2.24) is 9.55 Å². The van der Waals surface area contributed by atoms with E-state index in [1.165, 1.54) is 29.2 Å². The summed E-state index contributed by atoms with van der Waals surface area (Å²) in [4.78, 5) is 44.4. The van der Waals surface area contributed by atoms with E-state index in [4.69, 9.17) is 11.6 Å². The first-order chi connectivity index (χ1) is 15.8. The first-order valence-corrected chi connectivity index (χ1v) is 11.7. The standard InChI is InChI=1S/C25H22ClN3O3S/c1-4-20(23(31)28-19-7-5-6-17(12-19)14(2)30)29-13-27-24-22(25(29)32)21(15(3)33-24)16-8-10-18(26)11-9-16/h5-13,20H,4H2,1-3H3,(H,28,31). The zero-order valence-electron chi connectivity index (χ0n) is 18.4. The van der Waals surface area contributed by atoms with Crippen molar-refractivity contribution >= 4 is 50.5 Å². The number of aromatic nitrogens is 2. The molecule has 2 heterocycles. The van der Waals surface area contributed by atoms with Gasteiger partial charge in [-0.25, -0.2) is 4.98 Å². The van der Waals surface area contributed by atoms with Crippen molar-refractivity contribution < 1.29 is 9.59 Å². The highest BCUT2D eigenvalue weighted by Crippen LogP contribution is 2.36. The zero-order chi connectivity index (χ0) is 23.7. The molecule has 2 aromatic carbocycles. The molecule has 1 N–H and O–H groups in total. The van der Waals surface area contributed by atoms with Gasteiger partial charge in [0.1, 0.15) is 10.9 Å². The maximum Gasteiger partial charge on any atom is 0.263 e. The number of hydrogen-bond donors (Lipinski definition) is 1. The molecule has 0 bridgehead atoms. The average Bonchev–Trinajstić information content (AvgIpc) is 3.13. The highest BCUT2D eigenvalue weighted by molar-refractivity contribution is 7.19. The minimum atomic E-state index is -0.756. The lowest BCUT2D eigenvalue weighted by Crippen LogP contribution is -2.33. The van der Waals surface area contributed by atoms with Crippen LogP contribution in [-0.4, -0.2) is 21.2 Å². The second kappa shape index (κ2) is 9.29. The average molecular weight is 480 g/mol. The number of anilines is 1. The number of nitrogens with zero attached hydrogens (tertiary/aromatic N) is 2. The third-order valence-electron chi connectivity index (χ3n) is 5.51. The van der Waals surface area contributed by atoms with Gasteiger partial charge in [-0.05, 0) is 50.1 Å². The third kappa shape index (κ3) is 4.47.